The summed E-state index contributed by atoms with van der Waals surface area (Å²) in [6, 6.07) is -0.713. The van der Waals surface area contributed by atoms with E-state index in [1.807, 2.05) is 0 Å². The highest BCUT2D eigenvalue weighted by atomic mass is 16.7. The van der Waals surface area contributed by atoms with Crippen molar-refractivity contribution in [3.63, 3.8) is 0 Å². The first-order chi connectivity index (χ1) is 22.3. The van der Waals surface area contributed by atoms with Gasteiger partial charge in [-0.2, -0.15) is 0 Å². The molecule has 6 N–H and O–H groups in total. The Hall–Kier alpha value is -1.07. The van der Waals surface area contributed by atoms with E-state index in [-0.39, 0.29) is 12.5 Å². The van der Waals surface area contributed by atoms with Gasteiger partial charge in [0.2, 0.25) is 5.91 Å². The van der Waals surface area contributed by atoms with Gasteiger partial charge in [-0.25, -0.2) is 0 Å². The van der Waals surface area contributed by atoms with E-state index in [1.54, 1.807) is 0 Å². The Kier molecular flexibility index (Phi) is 27.0. The van der Waals surface area contributed by atoms with Gasteiger partial charge in [-0.05, 0) is 38.5 Å². The summed E-state index contributed by atoms with van der Waals surface area (Å²) < 4.78 is 11.1. The lowest BCUT2D eigenvalue weighted by molar-refractivity contribution is -0.302. The Morgan fingerprint density at radius 2 is 1.22 bits per heavy atom. The van der Waals surface area contributed by atoms with Gasteiger partial charge in [0.05, 0.1) is 25.4 Å². The van der Waals surface area contributed by atoms with E-state index in [2.05, 4.69) is 31.3 Å². The van der Waals surface area contributed by atoms with E-state index in [0.717, 1.165) is 38.5 Å². The van der Waals surface area contributed by atoms with Crippen LogP contribution in [0, 0.1) is 0 Å². The van der Waals surface area contributed by atoms with Crippen molar-refractivity contribution in [2.75, 3.05) is 13.2 Å². The number of ether oxygens (including phenoxy) is 2. The van der Waals surface area contributed by atoms with Crippen molar-refractivity contribution < 1.29 is 39.8 Å². The van der Waals surface area contributed by atoms with Crippen molar-refractivity contribution in [3.8, 4) is 0 Å². The summed E-state index contributed by atoms with van der Waals surface area (Å²) in [6.45, 7) is 3.74. The van der Waals surface area contributed by atoms with Crippen LogP contribution < -0.4 is 5.32 Å². The highest BCUT2D eigenvalue weighted by Crippen LogP contribution is 2.23. The predicted octanol–water partition coefficient (Wildman–Crippen LogP) is 6.22. The minimum absolute atomic E-state index is 0.139. The summed E-state index contributed by atoms with van der Waals surface area (Å²) in [4.78, 5) is 12.8. The molecule has 0 radical (unpaired) electrons. The van der Waals surface area contributed by atoms with Crippen molar-refractivity contribution in [1.29, 1.82) is 0 Å². The molecule has 9 heteroatoms. The summed E-state index contributed by atoms with van der Waals surface area (Å²) in [7, 11) is 0. The molecule has 1 saturated heterocycles. The Bertz CT molecular complexity index is 736. The number of rotatable bonds is 30. The van der Waals surface area contributed by atoms with Crippen LogP contribution in [-0.4, -0.2) is 87.5 Å². The number of aliphatic hydroxyl groups is 5. The average molecular weight is 658 g/mol. The molecule has 1 aliphatic heterocycles. The lowest BCUT2D eigenvalue weighted by Crippen LogP contribution is -2.60. The Morgan fingerprint density at radius 1 is 0.717 bits per heavy atom. The molecular formula is C37H71NO8. The number of carbonyl (C=O) groups excluding carboxylic acids is 1. The third-order valence-electron chi connectivity index (χ3n) is 9.12. The molecule has 1 amide bonds. The molecule has 7 unspecified atom stereocenters. The number of hydrogen-bond donors (Lipinski definition) is 6. The zero-order valence-electron chi connectivity index (χ0n) is 29.3. The maximum absolute atomic E-state index is 12.8. The van der Waals surface area contributed by atoms with E-state index in [1.165, 1.54) is 96.3 Å². The summed E-state index contributed by atoms with van der Waals surface area (Å²) in [5.74, 6) is -0.155. The standard InChI is InChI=1S/C37H71NO8/c1-3-5-7-9-11-12-13-14-15-16-17-18-19-20-21-23-25-27-33(41)38-30(31(40)26-24-22-10-8-6-4-2)29-45-37-36(44)35(43)34(42)32(28-39)46-37/h14-15,30-32,34-37,39-40,42-44H,3-13,16-29H2,1-2H3,(H,38,41)/b15-14-. The van der Waals surface area contributed by atoms with Crippen LogP contribution in [0.4, 0.5) is 0 Å². The van der Waals surface area contributed by atoms with Crippen LogP contribution in [0.25, 0.3) is 0 Å². The van der Waals surface area contributed by atoms with Crippen LogP contribution >= 0.6 is 0 Å². The number of allylic oxidation sites excluding steroid dienone is 2. The van der Waals surface area contributed by atoms with Gasteiger partial charge in [-0.3, -0.25) is 4.79 Å². The smallest absolute Gasteiger partial charge is 0.220 e. The Balaban J connectivity index is 2.32. The first kappa shape index (κ1) is 43.0. The second kappa shape index (κ2) is 28.9. The number of aliphatic hydroxyl groups excluding tert-OH is 5. The zero-order chi connectivity index (χ0) is 33.8. The van der Waals surface area contributed by atoms with E-state index >= 15 is 0 Å². The third kappa shape index (κ3) is 20.3. The van der Waals surface area contributed by atoms with Crippen LogP contribution in [0.3, 0.4) is 0 Å². The van der Waals surface area contributed by atoms with Crippen LogP contribution in [0.1, 0.15) is 162 Å². The Morgan fingerprint density at radius 3 is 1.76 bits per heavy atom. The van der Waals surface area contributed by atoms with Crippen molar-refractivity contribution >= 4 is 5.91 Å². The van der Waals surface area contributed by atoms with Gasteiger partial charge in [0, 0.05) is 6.42 Å². The fourth-order valence-corrected chi connectivity index (χ4v) is 5.98. The van der Waals surface area contributed by atoms with Crippen LogP contribution in [0.5, 0.6) is 0 Å². The number of hydrogen-bond acceptors (Lipinski definition) is 8. The van der Waals surface area contributed by atoms with E-state index in [0.29, 0.717) is 12.8 Å². The fourth-order valence-electron chi connectivity index (χ4n) is 5.98. The maximum atomic E-state index is 12.8. The highest BCUT2D eigenvalue weighted by Gasteiger charge is 2.44. The van der Waals surface area contributed by atoms with Crippen molar-refractivity contribution in [2.24, 2.45) is 0 Å². The largest absolute Gasteiger partial charge is 0.394 e. The molecule has 0 bridgehead atoms. The second-order valence-electron chi connectivity index (χ2n) is 13.4. The summed E-state index contributed by atoms with van der Waals surface area (Å²) in [6.07, 6.45) is 22.5. The molecule has 9 nitrogen and oxygen atoms in total. The van der Waals surface area contributed by atoms with Gasteiger partial charge in [0.1, 0.15) is 24.4 Å². The summed E-state index contributed by atoms with van der Waals surface area (Å²) >= 11 is 0. The zero-order valence-corrected chi connectivity index (χ0v) is 29.3. The summed E-state index contributed by atoms with van der Waals surface area (Å²) in [5.41, 5.74) is 0. The molecule has 46 heavy (non-hydrogen) atoms. The fraction of sp³-hybridized carbons (Fsp3) is 0.919. The number of unbranched alkanes of at least 4 members (excludes halogenated alkanes) is 18. The molecule has 0 aromatic rings. The quantitative estimate of drug-likeness (QED) is 0.0394. The molecule has 0 aromatic carbocycles. The number of carbonyl (C=O) groups is 1. The third-order valence-corrected chi connectivity index (χ3v) is 9.12. The normalized spacial score (nSPS) is 23.2. The molecule has 0 aromatic heterocycles. The first-order valence-electron chi connectivity index (χ1n) is 18.9. The van der Waals surface area contributed by atoms with Gasteiger partial charge in [-0.1, -0.05) is 129 Å². The van der Waals surface area contributed by atoms with Crippen molar-refractivity contribution in [3.05, 3.63) is 12.2 Å². The predicted molar refractivity (Wildman–Crippen MR) is 184 cm³/mol. The molecule has 272 valence electrons. The maximum Gasteiger partial charge on any atom is 0.220 e. The lowest BCUT2D eigenvalue weighted by atomic mass is 9.99. The van der Waals surface area contributed by atoms with Gasteiger partial charge in [-0.15, -0.1) is 0 Å². The molecule has 1 rings (SSSR count). The molecular weight excluding hydrogens is 586 g/mol. The average Bonchev–Trinajstić information content (AvgIpc) is 3.05. The monoisotopic (exact) mass is 658 g/mol. The van der Waals surface area contributed by atoms with E-state index in [4.69, 9.17) is 9.47 Å². The van der Waals surface area contributed by atoms with E-state index in [9.17, 15) is 30.3 Å². The molecule has 7 atom stereocenters. The van der Waals surface area contributed by atoms with E-state index < -0.39 is 49.5 Å². The number of nitrogens with one attached hydrogen (secondary N) is 1. The van der Waals surface area contributed by atoms with Gasteiger partial charge in [0.15, 0.2) is 6.29 Å². The highest BCUT2D eigenvalue weighted by molar-refractivity contribution is 5.76. The molecule has 0 aliphatic carbocycles. The van der Waals surface area contributed by atoms with Gasteiger partial charge in [0.25, 0.3) is 0 Å². The van der Waals surface area contributed by atoms with Gasteiger partial charge < -0.3 is 40.3 Å². The minimum Gasteiger partial charge on any atom is -0.394 e. The van der Waals surface area contributed by atoms with Crippen molar-refractivity contribution in [1.82, 2.24) is 5.32 Å². The number of amides is 1. The first-order valence-corrected chi connectivity index (χ1v) is 18.9. The molecule has 1 heterocycles. The molecule has 0 spiro atoms. The van der Waals surface area contributed by atoms with Crippen LogP contribution in [0.15, 0.2) is 12.2 Å². The molecule has 0 saturated carbocycles. The van der Waals surface area contributed by atoms with Crippen molar-refractivity contribution in [2.45, 2.75) is 204 Å². The Labute approximate surface area is 280 Å². The van der Waals surface area contributed by atoms with Crippen LogP contribution in [0.2, 0.25) is 0 Å². The van der Waals surface area contributed by atoms with Gasteiger partial charge >= 0.3 is 0 Å². The second-order valence-corrected chi connectivity index (χ2v) is 13.4. The minimum atomic E-state index is -1.55. The molecule has 1 aliphatic rings. The lowest BCUT2D eigenvalue weighted by Gasteiger charge is -2.40. The van der Waals surface area contributed by atoms with Crippen LogP contribution in [-0.2, 0) is 14.3 Å². The SMILES string of the molecule is CCCCCCCC/C=C\CCCCCCCCCC(=O)NC(COC1OC(CO)C(O)C(O)C1O)C(O)CCCCCCCC. The topological polar surface area (TPSA) is 149 Å². The molecule has 1 fully saturated rings. The summed E-state index contributed by atoms with van der Waals surface area (Å²) in [5, 5.41) is 53.7.